The molecule has 35 heavy (non-hydrogen) atoms. The Morgan fingerprint density at radius 3 is 2.37 bits per heavy atom. The molecule has 1 saturated carbocycles. The minimum atomic E-state index is -1.14. The number of rotatable bonds is 12. The summed E-state index contributed by atoms with van der Waals surface area (Å²) in [6.07, 6.45) is 5.38. The summed E-state index contributed by atoms with van der Waals surface area (Å²) in [7, 11) is 0. The number of benzene rings is 1. The minimum Gasteiger partial charge on any atom is -0.479 e. The minimum absolute atomic E-state index is 0.226. The molecule has 0 spiro atoms. The van der Waals surface area contributed by atoms with Gasteiger partial charge in [-0.15, -0.1) is 0 Å². The lowest BCUT2D eigenvalue weighted by molar-refractivity contribution is -0.163. The second-order valence-electron chi connectivity index (χ2n) is 11.3. The van der Waals surface area contributed by atoms with Crippen LogP contribution in [0.1, 0.15) is 90.2 Å². The maximum atomic E-state index is 11.3. The lowest BCUT2D eigenvalue weighted by Crippen LogP contribution is -2.37. The van der Waals surface area contributed by atoms with Crippen molar-refractivity contribution in [1.29, 1.82) is 0 Å². The number of oxazole rings is 1. The Hall–Kier alpha value is -2.18. The van der Waals surface area contributed by atoms with Crippen molar-refractivity contribution in [2.24, 2.45) is 17.8 Å². The number of hydrogen-bond acceptors (Lipinski definition) is 5. The van der Waals surface area contributed by atoms with Gasteiger partial charge in [0.2, 0.25) is 5.89 Å². The van der Waals surface area contributed by atoms with E-state index in [1.807, 2.05) is 0 Å². The van der Waals surface area contributed by atoms with E-state index in [4.69, 9.17) is 18.9 Å². The van der Waals surface area contributed by atoms with Crippen LogP contribution < -0.4 is 0 Å². The van der Waals surface area contributed by atoms with Crippen LogP contribution in [0.4, 0.5) is 0 Å². The zero-order valence-corrected chi connectivity index (χ0v) is 22.3. The monoisotopic (exact) mass is 485 g/mol. The number of ether oxygens (including phenoxy) is 2. The van der Waals surface area contributed by atoms with Gasteiger partial charge in [0.05, 0.1) is 13.2 Å². The highest BCUT2D eigenvalue weighted by Gasteiger charge is 2.31. The van der Waals surface area contributed by atoms with E-state index in [0.29, 0.717) is 43.5 Å². The Morgan fingerprint density at radius 2 is 1.77 bits per heavy atom. The molecule has 0 amide bonds. The molecule has 6 heteroatoms. The standard InChI is InChI=1S/C29H43NO5/c1-19(2)14-21-10-12-24(13-11-21)27-30-25(26(35-27)20(3)4)18-33-16-22-8-7-9-23(15-22)17-34-29(5,6)28(31)32/h10-13,19-20,22-23H,7-9,14-18H2,1-6H3,(H,31,32)/t22-,23?/m0/s1. The molecule has 1 aliphatic rings. The third kappa shape index (κ3) is 7.91. The fourth-order valence-corrected chi connectivity index (χ4v) is 4.71. The molecule has 1 unspecified atom stereocenters. The normalized spacial score (nSPS) is 19.0. The van der Waals surface area contributed by atoms with Gasteiger partial charge in [0.1, 0.15) is 11.5 Å². The highest BCUT2D eigenvalue weighted by molar-refractivity contribution is 5.76. The molecule has 3 rings (SSSR count). The Bertz CT molecular complexity index is 944. The summed E-state index contributed by atoms with van der Waals surface area (Å²) in [5.41, 5.74) is 2.05. The molecule has 0 radical (unpaired) electrons. The van der Waals surface area contributed by atoms with Gasteiger partial charge in [0.25, 0.3) is 0 Å². The third-order valence-corrected chi connectivity index (χ3v) is 6.78. The molecule has 2 aromatic rings. The van der Waals surface area contributed by atoms with Crippen molar-refractivity contribution < 1.29 is 23.8 Å². The van der Waals surface area contributed by atoms with Gasteiger partial charge in [-0.05, 0) is 75.0 Å². The summed E-state index contributed by atoms with van der Waals surface area (Å²) < 4.78 is 18.0. The highest BCUT2D eigenvalue weighted by Crippen LogP contribution is 2.32. The molecular formula is C29H43NO5. The first kappa shape index (κ1) is 27.4. The predicted octanol–water partition coefficient (Wildman–Crippen LogP) is 6.87. The fourth-order valence-electron chi connectivity index (χ4n) is 4.71. The predicted molar refractivity (Wildman–Crippen MR) is 137 cm³/mol. The van der Waals surface area contributed by atoms with Gasteiger partial charge in [0, 0.05) is 18.1 Å². The zero-order chi connectivity index (χ0) is 25.6. The van der Waals surface area contributed by atoms with Crippen LogP contribution in [-0.4, -0.2) is 34.9 Å². The molecule has 0 bridgehead atoms. The van der Waals surface area contributed by atoms with E-state index in [1.54, 1.807) is 13.8 Å². The second-order valence-corrected chi connectivity index (χ2v) is 11.3. The van der Waals surface area contributed by atoms with Crippen molar-refractivity contribution in [3.63, 3.8) is 0 Å². The van der Waals surface area contributed by atoms with Crippen LogP contribution in [0.5, 0.6) is 0 Å². The molecule has 194 valence electrons. The quantitative estimate of drug-likeness (QED) is 0.353. The number of carboxylic acids is 1. The summed E-state index contributed by atoms with van der Waals surface area (Å²) in [6.45, 7) is 13.5. The van der Waals surface area contributed by atoms with Crippen LogP contribution in [0.15, 0.2) is 28.7 Å². The van der Waals surface area contributed by atoms with Crippen molar-refractivity contribution in [2.45, 2.75) is 91.8 Å². The lowest BCUT2D eigenvalue weighted by atomic mass is 9.82. The molecule has 1 heterocycles. The number of hydrogen-bond donors (Lipinski definition) is 1. The maximum Gasteiger partial charge on any atom is 0.335 e. The first-order valence-electron chi connectivity index (χ1n) is 13.1. The SMILES string of the molecule is CC(C)Cc1ccc(-c2nc(COC[C@H]3CCCC(COC(C)(C)C(=O)O)C3)c(C(C)C)o2)cc1. The molecule has 1 N–H and O–H groups in total. The first-order chi connectivity index (χ1) is 16.5. The highest BCUT2D eigenvalue weighted by atomic mass is 16.5. The number of carboxylic acid groups (broad SMARTS) is 1. The number of nitrogens with zero attached hydrogens (tertiary/aromatic N) is 1. The molecule has 2 atom stereocenters. The molecule has 1 aromatic carbocycles. The Kier molecular flexibility index (Phi) is 9.54. The first-order valence-corrected chi connectivity index (χ1v) is 13.1. The van der Waals surface area contributed by atoms with Crippen molar-refractivity contribution >= 4 is 5.97 Å². The fraction of sp³-hybridized carbons (Fsp3) is 0.655. The van der Waals surface area contributed by atoms with Crippen LogP contribution in [0.2, 0.25) is 0 Å². The van der Waals surface area contributed by atoms with Crippen molar-refractivity contribution in [1.82, 2.24) is 4.98 Å². The van der Waals surface area contributed by atoms with Gasteiger partial charge in [-0.2, -0.15) is 0 Å². The summed E-state index contributed by atoms with van der Waals surface area (Å²) >= 11 is 0. The van der Waals surface area contributed by atoms with Gasteiger partial charge >= 0.3 is 5.97 Å². The number of carbonyl (C=O) groups is 1. The zero-order valence-electron chi connectivity index (χ0n) is 22.3. The van der Waals surface area contributed by atoms with Gasteiger partial charge < -0.3 is 19.0 Å². The van der Waals surface area contributed by atoms with E-state index in [2.05, 4.69) is 52.0 Å². The summed E-state index contributed by atoms with van der Waals surface area (Å²) in [5.74, 6) is 2.29. The van der Waals surface area contributed by atoms with Gasteiger partial charge in [-0.1, -0.05) is 46.2 Å². The molecule has 6 nitrogen and oxygen atoms in total. The summed E-state index contributed by atoms with van der Waals surface area (Å²) in [5, 5.41) is 9.27. The molecular weight excluding hydrogens is 442 g/mol. The van der Waals surface area contributed by atoms with E-state index in [1.165, 1.54) is 5.56 Å². The number of aliphatic carboxylic acids is 1. The second kappa shape index (κ2) is 12.2. The Labute approximate surface area is 210 Å². The van der Waals surface area contributed by atoms with Crippen molar-refractivity contribution in [2.75, 3.05) is 13.2 Å². The molecule has 0 saturated heterocycles. The molecule has 1 aromatic heterocycles. The maximum absolute atomic E-state index is 11.3. The Balaban J connectivity index is 1.55. The number of aromatic nitrogens is 1. The van der Waals surface area contributed by atoms with Gasteiger partial charge in [0.15, 0.2) is 5.60 Å². The van der Waals surface area contributed by atoms with Crippen LogP contribution >= 0.6 is 0 Å². The summed E-state index contributed by atoms with van der Waals surface area (Å²) in [4.78, 5) is 16.1. The van der Waals surface area contributed by atoms with Gasteiger partial charge in [-0.3, -0.25) is 0 Å². The van der Waals surface area contributed by atoms with E-state index < -0.39 is 11.6 Å². The smallest absolute Gasteiger partial charge is 0.335 e. The van der Waals surface area contributed by atoms with E-state index in [0.717, 1.165) is 49.1 Å². The van der Waals surface area contributed by atoms with Crippen LogP contribution in [0.3, 0.4) is 0 Å². The largest absolute Gasteiger partial charge is 0.479 e. The average Bonchev–Trinajstić information content (AvgIpc) is 3.23. The van der Waals surface area contributed by atoms with Crippen LogP contribution in [0, 0.1) is 17.8 Å². The third-order valence-electron chi connectivity index (χ3n) is 6.78. The van der Waals surface area contributed by atoms with Crippen LogP contribution in [-0.2, 0) is 27.3 Å². The van der Waals surface area contributed by atoms with Gasteiger partial charge in [-0.25, -0.2) is 9.78 Å². The molecule has 1 aliphatic carbocycles. The van der Waals surface area contributed by atoms with Crippen LogP contribution in [0.25, 0.3) is 11.5 Å². The van der Waals surface area contributed by atoms with Crippen molar-refractivity contribution in [3.8, 4) is 11.5 Å². The lowest BCUT2D eigenvalue weighted by Gasteiger charge is -2.31. The van der Waals surface area contributed by atoms with E-state index in [-0.39, 0.29) is 5.92 Å². The van der Waals surface area contributed by atoms with E-state index in [9.17, 15) is 9.90 Å². The van der Waals surface area contributed by atoms with E-state index >= 15 is 0 Å². The Morgan fingerprint density at radius 1 is 1.11 bits per heavy atom. The molecule has 0 aliphatic heterocycles. The van der Waals surface area contributed by atoms with Crippen molar-refractivity contribution in [3.05, 3.63) is 41.3 Å². The molecule has 1 fully saturated rings. The topological polar surface area (TPSA) is 81.8 Å². The summed E-state index contributed by atoms with van der Waals surface area (Å²) in [6, 6.07) is 8.50. The average molecular weight is 486 g/mol.